The zero-order valence-electron chi connectivity index (χ0n) is 16.2. The van der Waals surface area contributed by atoms with Crippen LogP contribution in [0.4, 0.5) is 0 Å². The molecule has 2 aromatic rings. The van der Waals surface area contributed by atoms with Gasteiger partial charge in [0.15, 0.2) is 0 Å². The summed E-state index contributed by atoms with van der Waals surface area (Å²) in [5.74, 6) is -0.307. The maximum absolute atomic E-state index is 12.3. The minimum atomic E-state index is -0.968. The molecule has 0 saturated carbocycles. The molecule has 0 fully saturated rings. The van der Waals surface area contributed by atoms with E-state index in [0.29, 0.717) is 35.7 Å². The highest BCUT2D eigenvalue weighted by molar-refractivity contribution is 5.89. The van der Waals surface area contributed by atoms with Crippen LogP contribution in [0.2, 0.25) is 0 Å². The number of hydrogen-bond acceptors (Lipinski definition) is 7. The van der Waals surface area contributed by atoms with E-state index in [9.17, 15) is 19.8 Å². The molecule has 3 N–H and O–H groups in total. The fourth-order valence-corrected chi connectivity index (χ4v) is 3.45. The van der Waals surface area contributed by atoms with Gasteiger partial charge in [-0.3, -0.25) is 4.79 Å². The second-order valence-corrected chi connectivity index (χ2v) is 7.12. The molecule has 2 heterocycles. The molecular weight excluding hydrogens is 376 g/mol. The molecule has 0 bridgehead atoms. The average Bonchev–Trinajstić information content (AvgIpc) is 3.17. The minimum absolute atomic E-state index is 0.0351. The number of carboxylic acid groups (broad SMARTS) is 1. The molecule has 1 aliphatic carbocycles. The van der Waals surface area contributed by atoms with E-state index in [0.717, 1.165) is 19.3 Å². The Balaban J connectivity index is 1.57. The Bertz CT molecular complexity index is 904. The lowest BCUT2D eigenvalue weighted by atomic mass is 9.84. The highest BCUT2D eigenvalue weighted by Crippen LogP contribution is 2.31. The van der Waals surface area contributed by atoms with Crippen molar-refractivity contribution in [3.63, 3.8) is 0 Å². The smallest absolute Gasteiger partial charge is 0.333 e. The van der Waals surface area contributed by atoms with Gasteiger partial charge in [-0.15, -0.1) is 0 Å². The van der Waals surface area contributed by atoms with Crippen LogP contribution in [0.15, 0.2) is 34.1 Å². The molecule has 154 valence electrons. The van der Waals surface area contributed by atoms with Crippen molar-refractivity contribution < 1.29 is 24.3 Å². The molecule has 0 spiro atoms. The van der Waals surface area contributed by atoms with Crippen molar-refractivity contribution in [1.29, 1.82) is 0 Å². The maximum atomic E-state index is 12.3. The van der Waals surface area contributed by atoms with Crippen LogP contribution >= 0.6 is 0 Å². The van der Waals surface area contributed by atoms with E-state index in [1.165, 1.54) is 12.3 Å². The third-order valence-corrected chi connectivity index (χ3v) is 4.92. The first-order valence-corrected chi connectivity index (χ1v) is 9.69. The minimum Gasteiger partial charge on any atom is -0.506 e. The number of carboxylic acids is 1. The number of pyridine rings is 1. The monoisotopic (exact) mass is 400 g/mol. The summed E-state index contributed by atoms with van der Waals surface area (Å²) in [6.07, 6.45) is 5.55. The van der Waals surface area contributed by atoms with Gasteiger partial charge in [0, 0.05) is 18.5 Å². The number of aromatic nitrogens is 3. The van der Waals surface area contributed by atoms with Gasteiger partial charge in [0.05, 0.1) is 11.8 Å². The van der Waals surface area contributed by atoms with E-state index >= 15 is 0 Å². The Morgan fingerprint density at radius 3 is 2.86 bits per heavy atom. The van der Waals surface area contributed by atoms with Gasteiger partial charge in [-0.1, -0.05) is 24.9 Å². The van der Waals surface area contributed by atoms with Crippen LogP contribution in [-0.2, 0) is 16.0 Å². The van der Waals surface area contributed by atoms with Crippen LogP contribution in [0.25, 0.3) is 11.5 Å². The number of carbonyl (C=O) groups excluding carboxylic acids is 1. The Labute approximate surface area is 167 Å². The van der Waals surface area contributed by atoms with Crippen molar-refractivity contribution in [1.82, 2.24) is 20.4 Å². The SMILES string of the molecule is CCCC1CCC(NC(=O)CCc2nc(-c3ccc(O)cn3)no2)=C(C(=O)O)C1. The van der Waals surface area contributed by atoms with Gasteiger partial charge in [-0.2, -0.15) is 4.98 Å². The second-order valence-electron chi connectivity index (χ2n) is 7.12. The van der Waals surface area contributed by atoms with Crippen molar-refractivity contribution in [3.05, 3.63) is 35.5 Å². The van der Waals surface area contributed by atoms with Gasteiger partial charge in [-0.25, -0.2) is 9.78 Å². The number of nitrogens with one attached hydrogen (secondary N) is 1. The van der Waals surface area contributed by atoms with Crippen LogP contribution in [0.3, 0.4) is 0 Å². The quantitative estimate of drug-likeness (QED) is 0.615. The molecule has 0 radical (unpaired) electrons. The average molecular weight is 400 g/mol. The summed E-state index contributed by atoms with van der Waals surface area (Å²) in [5, 5.41) is 25.3. The number of nitrogens with zero attached hydrogens (tertiary/aromatic N) is 3. The first kappa shape index (κ1) is 20.5. The number of aromatic hydroxyl groups is 1. The zero-order chi connectivity index (χ0) is 20.8. The first-order chi connectivity index (χ1) is 14.0. The van der Waals surface area contributed by atoms with Gasteiger partial charge in [0.1, 0.15) is 11.4 Å². The number of aliphatic carboxylic acids is 1. The van der Waals surface area contributed by atoms with E-state index in [1.807, 2.05) is 0 Å². The lowest BCUT2D eigenvalue weighted by molar-refractivity contribution is -0.133. The Morgan fingerprint density at radius 2 is 2.17 bits per heavy atom. The van der Waals surface area contributed by atoms with E-state index in [2.05, 4.69) is 27.4 Å². The third kappa shape index (κ3) is 5.40. The molecule has 0 aromatic carbocycles. The van der Waals surface area contributed by atoms with Gasteiger partial charge < -0.3 is 20.1 Å². The van der Waals surface area contributed by atoms with Gasteiger partial charge in [0.25, 0.3) is 0 Å². The summed E-state index contributed by atoms with van der Waals surface area (Å²) in [5.41, 5.74) is 1.26. The number of carbonyl (C=O) groups is 2. The molecule has 9 heteroatoms. The van der Waals surface area contributed by atoms with E-state index < -0.39 is 5.97 Å². The molecule has 1 aliphatic rings. The molecule has 1 unspecified atom stereocenters. The molecule has 2 aromatic heterocycles. The predicted molar refractivity (Wildman–Crippen MR) is 103 cm³/mol. The molecule has 9 nitrogen and oxygen atoms in total. The van der Waals surface area contributed by atoms with Crippen molar-refractivity contribution in [2.75, 3.05) is 0 Å². The van der Waals surface area contributed by atoms with Crippen molar-refractivity contribution in [2.45, 2.75) is 51.9 Å². The topological polar surface area (TPSA) is 138 Å². The first-order valence-electron chi connectivity index (χ1n) is 9.69. The van der Waals surface area contributed by atoms with Crippen LogP contribution in [0.1, 0.15) is 51.3 Å². The lowest BCUT2D eigenvalue weighted by Gasteiger charge is -2.25. The molecule has 1 atom stereocenters. The van der Waals surface area contributed by atoms with Crippen LogP contribution in [-0.4, -0.2) is 37.2 Å². The molecule has 0 aliphatic heterocycles. The Morgan fingerprint density at radius 1 is 1.34 bits per heavy atom. The van der Waals surface area contributed by atoms with Crippen LogP contribution < -0.4 is 5.32 Å². The van der Waals surface area contributed by atoms with Gasteiger partial charge in [0.2, 0.25) is 17.6 Å². The Hall–Kier alpha value is -3.23. The van der Waals surface area contributed by atoms with Crippen LogP contribution in [0.5, 0.6) is 5.75 Å². The number of rotatable bonds is 8. The summed E-state index contributed by atoms with van der Waals surface area (Å²) in [6.45, 7) is 2.09. The summed E-state index contributed by atoms with van der Waals surface area (Å²) < 4.78 is 5.14. The Kier molecular flexibility index (Phi) is 6.58. The third-order valence-electron chi connectivity index (χ3n) is 4.92. The number of amides is 1. The number of aryl methyl sites for hydroxylation is 1. The summed E-state index contributed by atoms with van der Waals surface area (Å²) in [4.78, 5) is 32.1. The molecular formula is C20H24N4O5. The molecule has 29 heavy (non-hydrogen) atoms. The highest BCUT2D eigenvalue weighted by atomic mass is 16.5. The van der Waals surface area contributed by atoms with Crippen LogP contribution in [0, 0.1) is 5.92 Å². The van der Waals surface area contributed by atoms with Gasteiger partial charge in [-0.05, 0) is 37.3 Å². The predicted octanol–water partition coefficient (Wildman–Crippen LogP) is 2.82. The van der Waals surface area contributed by atoms with Crippen molar-refractivity contribution in [3.8, 4) is 17.3 Å². The standard InChI is InChI=1S/C20H24N4O5/c1-2-3-12-4-6-15(14(10-12)20(27)28)22-17(26)8-9-18-23-19(24-29-18)16-7-5-13(25)11-21-16/h5,7,11-12,25H,2-4,6,8-10H2,1H3,(H,22,26)(H,27,28). The summed E-state index contributed by atoms with van der Waals surface area (Å²) in [6, 6.07) is 3.03. The normalized spacial score (nSPS) is 16.7. The molecule has 1 amide bonds. The lowest BCUT2D eigenvalue weighted by Crippen LogP contribution is -2.29. The van der Waals surface area contributed by atoms with Crippen molar-refractivity contribution >= 4 is 11.9 Å². The van der Waals surface area contributed by atoms with E-state index in [1.54, 1.807) is 6.07 Å². The summed E-state index contributed by atoms with van der Waals surface area (Å²) in [7, 11) is 0. The number of allylic oxidation sites excluding steroid dienone is 1. The van der Waals surface area contributed by atoms with E-state index in [4.69, 9.17) is 4.52 Å². The van der Waals surface area contributed by atoms with Gasteiger partial charge >= 0.3 is 5.97 Å². The second kappa shape index (κ2) is 9.31. The number of hydrogen-bond donors (Lipinski definition) is 3. The highest BCUT2D eigenvalue weighted by Gasteiger charge is 2.26. The largest absolute Gasteiger partial charge is 0.506 e. The molecule has 0 saturated heterocycles. The fourth-order valence-electron chi connectivity index (χ4n) is 3.45. The fraction of sp³-hybridized carbons (Fsp3) is 0.450. The zero-order valence-corrected chi connectivity index (χ0v) is 16.2. The molecule has 3 rings (SSSR count). The van der Waals surface area contributed by atoms with Crippen molar-refractivity contribution in [2.24, 2.45) is 5.92 Å². The summed E-state index contributed by atoms with van der Waals surface area (Å²) >= 11 is 0. The maximum Gasteiger partial charge on any atom is 0.333 e. The van der Waals surface area contributed by atoms with E-state index in [-0.39, 0.29) is 36.2 Å².